The van der Waals surface area contributed by atoms with Crippen LogP contribution < -0.4 is 10.9 Å². The van der Waals surface area contributed by atoms with Gasteiger partial charge in [0.15, 0.2) is 0 Å². The average Bonchev–Trinajstić information content (AvgIpc) is 2.49. The lowest BCUT2D eigenvalue weighted by molar-refractivity contribution is -0.137. The highest BCUT2D eigenvalue weighted by molar-refractivity contribution is 5.93. The number of amides is 1. The fraction of sp³-hybridized carbons (Fsp3) is 0.188. The Morgan fingerprint density at radius 1 is 1.17 bits per heavy atom. The molecule has 7 heteroatoms. The van der Waals surface area contributed by atoms with E-state index in [1.807, 2.05) is 6.07 Å². The number of phenols is 1. The van der Waals surface area contributed by atoms with Crippen molar-refractivity contribution in [1.29, 1.82) is 0 Å². The molecule has 1 aromatic heterocycles. The molecule has 2 aromatic rings. The second-order valence-electron chi connectivity index (χ2n) is 4.92. The van der Waals surface area contributed by atoms with Gasteiger partial charge >= 0.3 is 5.97 Å². The van der Waals surface area contributed by atoms with Crippen molar-refractivity contribution in [2.24, 2.45) is 0 Å². The van der Waals surface area contributed by atoms with Crippen LogP contribution in [-0.4, -0.2) is 33.2 Å². The van der Waals surface area contributed by atoms with Gasteiger partial charge in [0.05, 0.1) is 0 Å². The van der Waals surface area contributed by atoms with E-state index in [2.05, 4.69) is 5.32 Å². The number of nitrogens with zero attached hydrogens (tertiary/aromatic N) is 1. The molecule has 0 fully saturated rings. The lowest BCUT2D eigenvalue weighted by atomic mass is 10.1. The van der Waals surface area contributed by atoms with Gasteiger partial charge in [0, 0.05) is 12.7 Å². The number of carboxylic acid groups (broad SMARTS) is 1. The summed E-state index contributed by atoms with van der Waals surface area (Å²) in [5, 5.41) is 20.7. The minimum absolute atomic E-state index is 0.107. The molecule has 120 valence electrons. The number of hydrogen-bond acceptors (Lipinski definition) is 4. The predicted molar refractivity (Wildman–Crippen MR) is 82.5 cm³/mol. The highest BCUT2D eigenvalue weighted by Gasteiger charge is 2.12. The molecule has 7 nitrogen and oxygen atoms in total. The van der Waals surface area contributed by atoms with E-state index in [-0.39, 0.29) is 17.9 Å². The van der Waals surface area contributed by atoms with Crippen LogP contribution in [0.25, 0.3) is 0 Å². The number of aliphatic carboxylic acids is 1. The third-order valence-corrected chi connectivity index (χ3v) is 3.18. The quantitative estimate of drug-likeness (QED) is 0.723. The maximum atomic E-state index is 12.0. The lowest BCUT2D eigenvalue weighted by Gasteiger charge is -2.07. The summed E-state index contributed by atoms with van der Waals surface area (Å²) >= 11 is 0. The van der Waals surface area contributed by atoms with Crippen molar-refractivity contribution in [3.8, 4) is 5.75 Å². The van der Waals surface area contributed by atoms with Gasteiger partial charge in [-0.25, -0.2) is 0 Å². The number of carbonyl (C=O) groups excluding carboxylic acids is 1. The number of carboxylic acids is 1. The number of pyridine rings is 1. The van der Waals surface area contributed by atoms with Crippen LogP contribution in [0.5, 0.6) is 5.75 Å². The first-order valence-electron chi connectivity index (χ1n) is 6.94. The largest absolute Gasteiger partial charge is 0.508 e. The van der Waals surface area contributed by atoms with Gasteiger partial charge in [-0.05, 0) is 36.2 Å². The maximum absolute atomic E-state index is 12.0. The molecule has 0 radical (unpaired) electrons. The van der Waals surface area contributed by atoms with Crippen LogP contribution in [0.15, 0.2) is 47.4 Å². The fourth-order valence-electron chi connectivity index (χ4n) is 2.11. The van der Waals surface area contributed by atoms with Crippen molar-refractivity contribution in [3.63, 3.8) is 0 Å². The van der Waals surface area contributed by atoms with Gasteiger partial charge < -0.3 is 20.1 Å². The second kappa shape index (κ2) is 7.26. The molecule has 0 unspecified atom stereocenters. The monoisotopic (exact) mass is 316 g/mol. The normalized spacial score (nSPS) is 10.3. The minimum Gasteiger partial charge on any atom is -0.508 e. The van der Waals surface area contributed by atoms with E-state index in [1.54, 1.807) is 18.2 Å². The summed E-state index contributed by atoms with van der Waals surface area (Å²) < 4.78 is 0.965. The van der Waals surface area contributed by atoms with Crippen molar-refractivity contribution < 1.29 is 19.8 Å². The Hall–Kier alpha value is -3.09. The third-order valence-electron chi connectivity index (χ3n) is 3.18. The zero-order valence-corrected chi connectivity index (χ0v) is 12.2. The molecule has 0 aliphatic carbocycles. The number of nitrogens with one attached hydrogen (secondary N) is 1. The van der Waals surface area contributed by atoms with Crippen LogP contribution in [0.1, 0.15) is 15.9 Å². The third kappa shape index (κ3) is 4.44. The van der Waals surface area contributed by atoms with Gasteiger partial charge in [0.25, 0.3) is 11.5 Å². The number of aromatic nitrogens is 1. The van der Waals surface area contributed by atoms with E-state index in [1.165, 1.54) is 18.3 Å². The van der Waals surface area contributed by atoms with Crippen molar-refractivity contribution in [2.75, 3.05) is 6.54 Å². The summed E-state index contributed by atoms with van der Waals surface area (Å²) in [4.78, 5) is 34.7. The summed E-state index contributed by atoms with van der Waals surface area (Å²) in [6.45, 7) is -0.210. The Morgan fingerprint density at radius 3 is 2.65 bits per heavy atom. The van der Waals surface area contributed by atoms with E-state index in [9.17, 15) is 19.5 Å². The molecule has 1 aromatic carbocycles. The Kier molecular flexibility index (Phi) is 5.14. The first-order valence-corrected chi connectivity index (χ1v) is 6.94. The Morgan fingerprint density at radius 2 is 1.96 bits per heavy atom. The number of hydrogen-bond donors (Lipinski definition) is 3. The average molecular weight is 316 g/mol. The molecule has 0 atom stereocenters. The molecule has 1 heterocycles. The van der Waals surface area contributed by atoms with Crippen LogP contribution in [0.3, 0.4) is 0 Å². The van der Waals surface area contributed by atoms with Crippen molar-refractivity contribution in [1.82, 2.24) is 9.88 Å². The van der Waals surface area contributed by atoms with E-state index in [0.717, 1.165) is 10.1 Å². The highest BCUT2D eigenvalue weighted by atomic mass is 16.4. The first-order chi connectivity index (χ1) is 11.0. The first kappa shape index (κ1) is 16.3. The zero-order valence-electron chi connectivity index (χ0n) is 12.2. The van der Waals surface area contributed by atoms with Crippen molar-refractivity contribution >= 4 is 11.9 Å². The number of aromatic hydroxyl groups is 1. The number of phenolic OH excluding ortho intramolecular Hbond substituents is 1. The van der Waals surface area contributed by atoms with Crippen LogP contribution in [-0.2, 0) is 17.8 Å². The van der Waals surface area contributed by atoms with E-state index < -0.39 is 24.0 Å². The van der Waals surface area contributed by atoms with Gasteiger partial charge in [0.2, 0.25) is 0 Å². The Labute approximate surface area is 131 Å². The standard InChI is InChI=1S/C16H16N2O5/c19-12-4-1-3-11(9-12)6-7-17-15(22)13-5-2-8-18(16(13)23)10-14(20)21/h1-5,8-9,19H,6-7,10H2,(H,17,22)(H,20,21). The summed E-state index contributed by atoms with van der Waals surface area (Å²) in [6.07, 6.45) is 1.82. The summed E-state index contributed by atoms with van der Waals surface area (Å²) in [5.74, 6) is -1.57. The molecular weight excluding hydrogens is 300 g/mol. The molecule has 23 heavy (non-hydrogen) atoms. The molecule has 0 saturated carbocycles. The van der Waals surface area contributed by atoms with E-state index >= 15 is 0 Å². The van der Waals surface area contributed by atoms with Gasteiger partial charge in [-0.1, -0.05) is 12.1 Å². The second-order valence-corrected chi connectivity index (χ2v) is 4.92. The van der Waals surface area contributed by atoms with Crippen molar-refractivity contribution in [3.05, 3.63) is 64.1 Å². The summed E-state index contributed by atoms with van der Waals surface area (Å²) in [5.41, 5.74) is 0.0936. The van der Waals surface area contributed by atoms with Gasteiger partial charge in [-0.3, -0.25) is 14.4 Å². The summed E-state index contributed by atoms with van der Waals surface area (Å²) in [7, 11) is 0. The highest BCUT2D eigenvalue weighted by Crippen LogP contribution is 2.10. The predicted octanol–water partition coefficient (Wildman–Crippen LogP) is 0.611. The molecule has 0 saturated heterocycles. The Bertz CT molecular complexity index is 782. The van der Waals surface area contributed by atoms with E-state index in [4.69, 9.17) is 5.11 Å². The minimum atomic E-state index is -1.16. The molecule has 3 N–H and O–H groups in total. The molecule has 1 amide bonds. The molecule has 0 aliphatic rings. The number of carbonyl (C=O) groups is 2. The van der Waals surface area contributed by atoms with Gasteiger partial charge in [0.1, 0.15) is 17.9 Å². The maximum Gasteiger partial charge on any atom is 0.323 e. The van der Waals surface area contributed by atoms with E-state index in [0.29, 0.717) is 6.42 Å². The topological polar surface area (TPSA) is 109 Å². The molecular formula is C16H16N2O5. The number of rotatable bonds is 6. The van der Waals surface area contributed by atoms with Crippen LogP contribution >= 0.6 is 0 Å². The fourth-order valence-corrected chi connectivity index (χ4v) is 2.11. The molecule has 0 bridgehead atoms. The van der Waals surface area contributed by atoms with Crippen molar-refractivity contribution in [2.45, 2.75) is 13.0 Å². The summed E-state index contributed by atoms with van der Waals surface area (Å²) in [6, 6.07) is 9.47. The lowest BCUT2D eigenvalue weighted by Crippen LogP contribution is -2.34. The zero-order chi connectivity index (χ0) is 16.8. The Balaban J connectivity index is 2.01. The van der Waals surface area contributed by atoms with Gasteiger partial charge in [-0.2, -0.15) is 0 Å². The SMILES string of the molecule is O=C(O)Cn1cccc(C(=O)NCCc2cccc(O)c2)c1=O. The molecule has 0 spiro atoms. The van der Waals surface area contributed by atoms with Crippen LogP contribution in [0.2, 0.25) is 0 Å². The number of benzene rings is 1. The van der Waals surface area contributed by atoms with Gasteiger partial charge in [-0.15, -0.1) is 0 Å². The van der Waals surface area contributed by atoms with Crippen LogP contribution in [0.4, 0.5) is 0 Å². The smallest absolute Gasteiger partial charge is 0.323 e. The molecule has 0 aliphatic heterocycles. The van der Waals surface area contributed by atoms with Crippen LogP contribution in [0, 0.1) is 0 Å². The molecule has 2 rings (SSSR count).